The van der Waals surface area contributed by atoms with Crippen molar-refractivity contribution in [3.63, 3.8) is 0 Å². The van der Waals surface area contributed by atoms with E-state index in [1.165, 1.54) is 32.1 Å². The molecule has 1 aromatic heterocycles. The fraction of sp³-hybridized carbons (Fsp3) is 0.692. The summed E-state index contributed by atoms with van der Waals surface area (Å²) in [4.78, 5) is 16.0. The van der Waals surface area contributed by atoms with Crippen molar-refractivity contribution in [1.29, 1.82) is 0 Å². The van der Waals surface area contributed by atoms with Crippen LogP contribution < -0.4 is 5.56 Å². The Balaban J connectivity index is 0.00000144. The molecular formula is C13H20N2OU. The first kappa shape index (κ1) is 15.0. The third-order valence-electron chi connectivity index (χ3n) is 3.53. The maximum atomic E-state index is 11.6. The number of hydrogen-bond acceptors (Lipinski definition) is 2. The summed E-state index contributed by atoms with van der Waals surface area (Å²) in [6.07, 6.45) is 9.28. The van der Waals surface area contributed by atoms with Crippen LogP contribution in [0.5, 0.6) is 0 Å². The third-order valence-corrected chi connectivity index (χ3v) is 3.53. The van der Waals surface area contributed by atoms with E-state index in [1.54, 1.807) is 16.8 Å². The second-order valence-electron chi connectivity index (χ2n) is 4.65. The normalized spacial score (nSPS) is 16.5. The second kappa shape index (κ2) is 7.38. The fourth-order valence-electron chi connectivity index (χ4n) is 2.62. The molecule has 1 saturated carbocycles. The zero-order valence-electron chi connectivity index (χ0n) is 10.5. The van der Waals surface area contributed by atoms with Gasteiger partial charge in [-0.2, -0.15) is 0 Å². The summed E-state index contributed by atoms with van der Waals surface area (Å²) in [5.41, 5.74) is 0.0864. The first-order valence-electron chi connectivity index (χ1n) is 6.36. The van der Waals surface area contributed by atoms with E-state index in [-0.39, 0.29) is 36.7 Å². The van der Waals surface area contributed by atoms with Gasteiger partial charge < -0.3 is 0 Å². The standard InChI is InChI=1S/C13H20N2O.U/c1-2-15-12(14-9-8-13(15)16)10-11-6-4-3-5-7-11;/h8-9,11H,2-7,10H2,1H3;. The zero-order valence-corrected chi connectivity index (χ0v) is 14.6. The van der Waals surface area contributed by atoms with E-state index >= 15 is 0 Å². The molecule has 0 aromatic carbocycles. The van der Waals surface area contributed by atoms with Crippen LogP contribution in [0.4, 0.5) is 0 Å². The molecule has 3 nitrogen and oxygen atoms in total. The van der Waals surface area contributed by atoms with E-state index in [2.05, 4.69) is 4.98 Å². The van der Waals surface area contributed by atoms with Gasteiger partial charge in [-0.3, -0.25) is 9.36 Å². The second-order valence-corrected chi connectivity index (χ2v) is 4.65. The van der Waals surface area contributed by atoms with Crippen molar-refractivity contribution in [2.24, 2.45) is 5.92 Å². The van der Waals surface area contributed by atoms with Crippen LogP contribution >= 0.6 is 0 Å². The molecule has 17 heavy (non-hydrogen) atoms. The Morgan fingerprint density at radius 3 is 2.71 bits per heavy atom. The molecule has 0 N–H and O–H groups in total. The monoisotopic (exact) mass is 458 g/mol. The van der Waals surface area contributed by atoms with Gasteiger partial charge in [0.1, 0.15) is 5.82 Å². The van der Waals surface area contributed by atoms with E-state index in [0.717, 1.165) is 24.7 Å². The Bertz CT molecular complexity index is 397. The smallest absolute Gasteiger partial charge is 0.253 e. The summed E-state index contributed by atoms with van der Waals surface area (Å²) in [6, 6.07) is 1.55. The third kappa shape index (κ3) is 3.96. The molecule has 0 spiro atoms. The average Bonchev–Trinajstić information content (AvgIpc) is 2.31. The number of aromatic nitrogens is 2. The van der Waals surface area contributed by atoms with Crippen LogP contribution in [0.15, 0.2) is 17.1 Å². The Morgan fingerprint density at radius 2 is 2.06 bits per heavy atom. The molecule has 0 amide bonds. The van der Waals surface area contributed by atoms with Crippen LogP contribution in [-0.2, 0) is 13.0 Å². The average molecular weight is 458 g/mol. The maximum Gasteiger partial charge on any atom is 0.253 e. The topological polar surface area (TPSA) is 34.9 Å². The van der Waals surface area contributed by atoms with Gasteiger partial charge in [0.15, 0.2) is 0 Å². The van der Waals surface area contributed by atoms with Gasteiger partial charge in [0.25, 0.3) is 5.56 Å². The van der Waals surface area contributed by atoms with Gasteiger partial charge in [-0.1, -0.05) is 32.1 Å². The van der Waals surface area contributed by atoms with E-state index < -0.39 is 0 Å². The van der Waals surface area contributed by atoms with Gasteiger partial charge in [-0.25, -0.2) is 4.98 Å². The molecule has 1 heterocycles. The van der Waals surface area contributed by atoms with Crippen molar-refractivity contribution < 1.29 is 31.1 Å². The predicted molar refractivity (Wildman–Crippen MR) is 64.5 cm³/mol. The molecule has 1 aliphatic carbocycles. The summed E-state index contributed by atoms with van der Waals surface area (Å²) in [5.74, 6) is 1.71. The van der Waals surface area contributed by atoms with E-state index in [9.17, 15) is 4.79 Å². The van der Waals surface area contributed by atoms with Crippen molar-refractivity contribution >= 4 is 0 Å². The molecule has 0 aliphatic heterocycles. The first-order valence-corrected chi connectivity index (χ1v) is 6.36. The Labute approximate surface area is 126 Å². The van der Waals surface area contributed by atoms with E-state index in [4.69, 9.17) is 0 Å². The maximum absolute atomic E-state index is 11.6. The minimum atomic E-state index is 0. The summed E-state index contributed by atoms with van der Waals surface area (Å²) in [7, 11) is 0. The molecule has 0 saturated heterocycles. The van der Waals surface area contributed by atoms with Crippen molar-refractivity contribution in [3.05, 3.63) is 28.4 Å². The van der Waals surface area contributed by atoms with Crippen molar-refractivity contribution in [2.45, 2.75) is 52.0 Å². The quantitative estimate of drug-likeness (QED) is 0.698. The van der Waals surface area contributed by atoms with Gasteiger partial charge in [0.2, 0.25) is 0 Å². The number of nitrogens with zero attached hydrogens (tertiary/aromatic N) is 2. The molecule has 1 fully saturated rings. The molecular weight excluding hydrogens is 438 g/mol. The summed E-state index contributed by atoms with van der Waals surface area (Å²) < 4.78 is 1.80. The molecule has 0 atom stereocenters. The van der Waals surface area contributed by atoms with Gasteiger partial charge in [-0.05, 0) is 12.8 Å². The van der Waals surface area contributed by atoms with Gasteiger partial charge in [0, 0.05) is 56.3 Å². The van der Waals surface area contributed by atoms with Crippen LogP contribution in [0.25, 0.3) is 0 Å². The van der Waals surface area contributed by atoms with Gasteiger partial charge >= 0.3 is 0 Å². The van der Waals surface area contributed by atoms with Crippen LogP contribution in [0.2, 0.25) is 0 Å². The first-order chi connectivity index (χ1) is 7.81. The Morgan fingerprint density at radius 1 is 1.35 bits per heavy atom. The van der Waals surface area contributed by atoms with E-state index in [0.29, 0.717) is 0 Å². The minimum absolute atomic E-state index is 0. The molecule has 1 aromatic rings. The van der Waals surface area contributed by atoms with Crippen molar-refractivity contribution in [1.82, 2.24) is 9.55 Å². The fourth-order valence-corrected chi connectivity index (χ4v) is 2.62. The molecule has 0 bridgehead atoms. The molecule has 2 rings (SSSR count). The van der Waals surface area contributed by atoms with Crippen LogP contribution in [0.3, 0.4) is 0 Å². The molecule has 0 unspecified atom stereocenters. The van der Waals surface area contributed by atoms with Gasteiger partial charge in [-0.15, -0.1) is 0 Å². The molecule has 4 heteroatoms. The largest absolute Gasteiger partial charge is 0.297 e. The summed E-state index contributed by atoms with van der Waals surface area (Å²) >= 11 is 0. The molecule has 1 aliphatic rings. The van der Waals surface area contributed by atoms with Crippen molar-refractivity contribution in [2.75, 3.05) is 0 Å². The van der Waals surface area contributed by atoms with Crippen molar-refractivity contribution in [3.8, 4) is 0 Å². The summed E-state index contributed by atoms with van der Waals surface area (Å²) in [6.45, 7) is 2.74. The minimum Gasteiger partial charge on any atom is -0.297 e. The molecule has 0 radical (unpaired) electrons. The Kier molecular flexibility index (Phi) is 6.51. The zero-order chi connectivity index (χ0) is 11.4. The SMILES string of the molecule is CCn1c(CC2CCCCC2)nccc1=O.[U]. The number of rotatable bonds is 3. The van der Waals surface area contributed by atoms with Crippen LogP contribution in [0.1, 0.15) is 44.9 Å². The van der Waals surface area contributed by atoms with Crippen LogP contribution in [0, 0.1) is 37.0 Å². The van der Waals surface area contributed by atoms with E-state index in [1.807, 2.05) is 6.92 Å². The molecule has 92 valence electrons. The van der Waals surface area contributed by atoms with Gasteiger partial charge in [0.05, 0.1) is 0 Å². The summed E-state index contributed by atoms with van der Waals surface area (Å²) in [5, 5.41) is 0. The Hall–Kier alpha value is -0.0681. The van der Waals surface area contributed by atoms with Crippen LogP contribution in [-0.4, -0.2) is 9.55 Å². The number of hydrogen-bond donors (Lipinski definition) is 0. The predicted octanol–water partition coefficient (Wildman–Crippen LogP) is 2.39.